The molecular weight excluding hydrogens is 370 g/mol. The normalized spacial score (nSPS) is 33.1. The molecule has 4 fully saturated rings. The van der Waals surface area contributed by atoms with Crippen molar-refractivity contribution in [2.75, 3.05) is 26.2 Å². The van der Waals surface area contributed by atoms with Gasteiger partial charge in [-0.05, 0) is 37.3 Å². The summed E-state index contributed by atoms with van der Waals surface area (Å²) in [6.45, 7) is 4.02. The molecule has 29 heavy (non-hydrogen) atoms. The van der Waals surface area contributed by atoms with Crippen LogP contribution in [0.1, 0.15) is 43.0 Å². The maximum absolute atomic E-state index is 13.2. The van der Waals surface area contributed by atoms with E-state index in [1.54, 1.807) is 17.9 Å². The van der Waals surface area contributed by atoms with E-state index in [9.17, 15) is 14.4 Å². The van der Waals surface area contributed by atoms with Gasteiger partial charge in [0.1, 0.15) is 5.75 Å². The van der Waals surface area contributed by atoms with Gasteiger partial charge in [-0.15, -0.1) is 0 Å². The summed E-state index contributed by atoms with van der Waals surface area (Å²) < 4.78 is 6.38. The highest BCUT2D eigenvalue weighted by atomic mass is 16.5. The van der Waals surface area contributed by atoms with Crippen LogP contribution in [0.2, 0.25) is 0 Å². The van der Waals surface area contributed by atoms with E-state index in [1.807, 2.05) is 23.1 Å². The summed E-state index contributed by atoms with van der Waals surface area (Å²) in [6.07, 6.45) is 3.40. The number of rotatable bonds is 1. The molecule has 154 valence electrons. The quantitative estimate of drug-likeness (QED) is 0.781. The van der Waals surface area contributed by atoms with Gasteiger partial charge < -0.3 is 19.9 Å². The molecule has 3 amide bonds. The topological polar surface area (TPSA) is 79.0 Å². The molecule has 7 nitrogen and oxygen atoms in total. The van der Waals surface area contributed by atoms with Crippen LogP contribution in [0.25, 0.3) is 0 Å². The first-order chi connectivity index (χ1) is 14.0. The van der Waals surface area contributed by atoms with Crippen molar-refractivity contribution < 1.29 is 19.1 Å². The van der Waals surface area contributed by atoms with Gasteiger partial charge in [0, 0.05) is 51.4 Å². The molecule has 7 heteroatoms. The second kappa shape index (κ2) is 6.75. The summed E-state index contributed by atoms with van der Waals surface area (Å²) in [5.74, 6) is 1.18. The number of ether oxygens (including phenoxy) is 1. The Kier molecular flexibility index (Phi) is 4.29. The monoisotopic (exact) mass is 397 g/mol. The number of piperazine rings is 1. The number of nitrogens with one attached hydrogen (secondary N) is 1. The number of nitrogens with zero attached hydrogens (tertiary/aromatic N) is 2. The predicted octanol–water partition coefficient (Wildman–Crippen LogP) is 1.63. The van der Waals surface area contributed by atoms with Crippen molar-refractivity contribution in [3.05, 3.63) is 29.8 Å². The van der Waals surface area contributed by atoms with Crippen molar-refractivity contribution >= 4 is 17.7 Å². The van der Waals surface area contributed by atoms with Crippen molar-refractivity contribution in [1.82, 2.24) is 15.1 Å². The molecule has 1 aromatic rings. The van der Waals surface area contributed by atoms with Crippen molar-refractivity contribution in [2.45, 2.75) is 38.3 Å². The molecule has 1 spiro atoms. The van der Waals surface area contributed by atoms with Crippen LogP contribution in [0.3, 0.4) is 0 Å². The smallest absolute Gasteiger partial charge is 0.258 e. The fraction of sp³-hybridized carbons (Fsp3) is 0.591. The summed E-state index contributed by atoms with van der Waals surface area (Å²) in [7, 11) is 0. The zero-order valence-electron chi connectivity index (χ0n) is 16.7. The lowest BCUT2D eigenvalue weighted by atomic mass is 9.59. The largest absolute Gasteiger partial charge is 0.467 e. The van der Waals surface area contributed by atoms with E-state index in [0.29, 0.717) is 43.9 Å². The van der Waals surface area contributed by atoms with E-state index >= 15 is 0 Å². The van der Waals surface area contributed by atoms with E-state index in [1.165, 1.54) is 0 Å². The standard InChI is InChI=1S/C22H27N3O4/c1-14(26)24-8-10-25(11-9-24)21(28)18-12-16-7-6-15(18)13-22(16)23-20(27)17-4-2-3-5-19(17)29-22/h2-5,15-16,18H,6-13H2,1H3,(H,23,27)/t15-,16+,18+,22-/m0/s1. The molecule has 3 saturated carbocycles. The van der Waals surface area contributed by atoms with Gasteiger partial charge in [-0.3, -0.25) is 14.4 Å². The first-order valence-corrected chi connectivity index (χ1v) is 10.6. The number of hydrogen-bond acceptors (Lipinski definition) is 4. The molecule has 1 aromatic carbocycles. The Labute approximate surface area is 170 Å². The SMILES string of the molecule is CC(=O)N1CCN(C(=O)[C@@H]2C[C@H]3CC[C@H]2C[C@@]32NC(=O)c3ccccc3O2)CC1. The molecular formula is C22H27N3O4. The van der Waals surface area contributed by atoms with Crippen LogP contribution in [0, 0.1) is 17.8 Å². The Morgan fingerprint density at radius 2 is 1.83 bits per heavy atom. The second-order valence-corrected chi connectivity index (χ2v) is 8.85. The third kappa shape index (κ3) is 2.98. The molecule has 0 radical (unpaired) electrons. The minimum atomic E-state index is -0.682. The molecule has 1 N–H and O–H groups in total. The van der Waals surface area contributed by atoms with Crippen LogP contribution in [0.15, 0.2) is 24.3 Å². The highest BCUT2D eigenvalue weighted by Crippen LogP contribution is 2.52. The number of para-hydroxylation sites is 1. The van der Waals surface area contributed by atoms with Crippen LogP contribution < -0.4 is 10.1 Å². The van der Waals surface area contributed by atoms with Gasteiger partial charge in [0.2, 0.25) is 11.8 Å². The summed E-state index contributed by atoms with van der Waals surface area (Å²) in [4.78, 5) is 41.2. The number of carbonyl (C=O) groups excluding carboxylic acids is 3. The van der Waals surface area contributed by atoms with Gasteiger partial charge in [0.25, 0.3) is 5.91 Å². The van der Waals surface area contributed by atoms with Crippen LogP contribution in [0.5, 0.6) is 5.75 Å². The Morgan fingerprint density at radius 3 is 2.52 bits per heavy atom. The molecule has 2 heterocycles. The Morgan fingerprint density at radius 1 is 1.10 bits per heavy atom. The maximum atomic E-state index is 13.2. The third-order valence-electron chi connectivity index (χ3n) is 7.32. The summed E-state index contributed by atoms with van der Waals surface area (Å²) in [6, 6.07) is 7.37. The highest BCUT2D eigenvalue weighted by Gasteiger charge is 2.57. The Bertz CT molecular complexity index is 863. The Hall–Kier alpha value is -2.57. The third-order valence-corrected chi connectivity index (χ3v) is 7.32. The van der Waals surface area contributed by atoms with Gasteiger partial charge in [0.15, 0.2) is 5.72 Å². The number of amides is 3. The van der Waals surface area contributed by atoms with E-state index in [4.69, 9.17) is 4.74 Å². The van der Waals surface area contributed by atoms with Crippen LogP contribution in [-0.4, -0.2) is 59.4 Å². The highest BCUT2D eigenvalue weighted by molar-refractivity contribution is 5.98. The van der Waals surface area contributed by atoms with Crippen LogP contribution in [0.4, 0.5) is 0 Å². The van der Waals surface area contributed by atoms with Crippen LogP contribution >= 0.6 is 0 Å². The molecule has 6 rings (SSSR count). The number of carbonyl (C=O) groups is 3. The van der Waals surface area contributed by atoms with Crippen LogP contribution in [-0.2, 0) is 9.59 Å². The van der Waals surface area contributed by atoms with E-state index < -0.39 is 5.72 Å². The average molecular weight is 397 g/mol. The van der Waals surface area contributed by atoms with Crippen molar-refractivity contribution in [3.63, 3.8) is 0 Å². The summed E-state index contributed by atoms with van der Waals surface area (Å²) >= 11 is 0. The lowest BCUT2D eigenvalue weighted by Gasteiger charge is -2.55. The Balaban J connectivity index is 1.31. The van der Waals surface area contributed by atoms with Gasteiger partial charge >= 0.3 is 0 Å². The van der Waals surface area contributed by atoms with Gasteiger partial charge in [-0.25, -0.2) is 0 Å². The van der Waals surface area contributed by atoms with Gasteiger partial charge in [-0.2, -0.15) is 0 Å². The second-order valence-electron chi connectivity index (χ2n) is 8.85. The number of hydrogen-bond donors (Lipinski definition) is 1. The lowest BCUT2D eigenvalue weighted by molar-refractivity contribution is -0.158. The minimum absolute atomic E-state index is 0.0130. The molecule has 0 aromatic heterocycles. The first-order valence-electron chi connectivity index (χ1n) is 10.6. The summed E-state index contributed by atoms with van der Waals surface area (Å²) in [5, 5.41) is 3.15. The molecule has 2 aliphatic heterocycles. The molecule has 3 aliphatic carbocycles. The van der Waals surface area contributed by atoms with E-state index in [-0.39, 0.29) is 35.5 Å². The zero-order chi connectivity index (χ0) is 20.2. The molecule has 0 unspecified atom stereocenters. The maximum Gasteiger partial charge on any atom is 0.258 e. The molecule has 4 atom stereocenters. The molecule has 5 aliphatic rings. The fourth-order valence-corrected chi connectivity index (χ4v) is 5.74. The van der Waals surface area contributed by atoms with Crippen molar-refractivity contribution in [3.8, 4) is 5.75 Å². The first kappa shape index (κ1) is 18.5. The predicted molar refractivity (Wildman–Crippen MR) is 105 cm³/mol. The lowest BCUT2D eigenvalue weighted by Crippen LogP contribution is -2.67. The minimum Gasteiger partial charge on any atom is -0.467 e. The van der Waals surface area contributed by atoms with E-state index in [2.05, 4.69) is 5.32 Å². The molecule has 1 saturated heterocycles. The zero-order valence-corrected chi connectivity index (χ0v) is 16.7. The van der Waals surface area contributed by atoms with Gasteiger partial charge in [-0.1, -0.05) is 12.1 Å². The number of fused-ring (bicyclic) bond motifs is 3. The fourth-order valence-electron chi connectivity index (χ4n) is 5.74. The van der Waals surface area contributed by atoms with Crippen molar-refractivity contribution in [1.29, 1.82) is 0 Å². The van der Waals surface area contributed by atoms with E-state index in [0.717, 1.165) is 19.3 Å². The molecule has 2 bridgehead atoms. The van der Waals surface area contributed by atoms with Crippen molar-refractivity contribution in [2.24, 2.45) is 17.8 Å². The average Bonchev–Trinajstić information content (AvgIpc) is 2.73. The number of benzene rings is 1. The van der Waals surface area contributed by atoms with Gasteiger partial charge in [0.05, 0.1) is 5.56 Å². The summed E-state index contributed by atoms with van der Waals surface area (Å²) in [5.41, 5.74) is -0.103.